The number of furan rings is 1. The van der Waals surface area contributed by atoms with Gasteiger partial charge in [0.2, 0.25) is 5.91 Å². The van der Waals surface area contributed by atoms with Crippen molar-refractivity contribution in [2.45, 2.75) is 25.4 Å². The summed E-state index contributed by atoms with van der Waals surface area (Å²) < 4.78 is 6.30. The molecule has 4 heterocycles. The van der Waals surface area contributed by atoms with Gasteiger partial charge in [0.25, 0.3) is 0 Å². The second-order valence-corrected chi connectivity index (χ2v) is 6.40. The molecule has 3 aromatic rings. The number of hydrogen-bond donors (Lipinski definition) is 1. The van der Waals surface area contributed by atoms with Gasteiger partial charge in [-0.2, -0.15) is 0 Å². The first-order valence-corrected chi connectivity index (χ1v) is 8.46. The van der Waals surface area contributed by atoms with Crippen molar-refractivity contribution in [3.8, 4) is 0 Å². The quantitative estimate of drug-likeness (QED) is 0.797. The van der Waals surface area contributed by atoms with Gasteiger partial charge in [0.15, 0.2) is 5.82 Å². The predicted molar refractivity (Wildman–Crippen MR) is 88.3 cm³/mol. The van der Waals surface area contributed by atoms with Crippen molar-refractivity contribution in [3.05, 3.63) is 41.9 Å². The Hall–Kier alpha value is -2.41. The van der Waals surface area contributed by atoms with Crippen LogP contribution in [0.1, 0.15) is 18.6 Å². The number of nitrogens with one attached hydrogen (secondary N) is 1. The van der Waals surface area contributed by atoms with E-state index in [1.54, 1.807) is 23.9 Å². The zero-order valence-electron chi connectivity index (χ0n) is 12.4. The van der Waals surface area contributed by atoms with Crippen molar-refractivity contribution in [2.75, 3.05) is 11.4 Å². The molecule has 0 aliphatic carbocycles. The lowest BCUT2D eigenvalue weighted by atomic mass is 10.2. The molecule has 1 atom stereocenters. The Labute approximate surface area is 137 Å². The van der Waals surface area contributed by atoms with Crippen LogP contribution < -0.4 is 10.2 Å². The molecule has 1 saturated heterocycles. The number of aromatic nitrogens is 2. The Bertz CT molecular complexity index is 814. The van der Waals surface area contributed by atoms with E-state index in [1.807, 2.05) is 23.6 Å². The molecule has 6 nitrogen and oxygen atoms in total. The lowest BCUT2D eigenvalue weighted by Crippen LogP contribution is -2.43. The summed E-state index contributed by atoms with van der Waals surface area (Å²) >= 11 is 1.61. The Morgan fingerprint density at radius 3 is 3.26 bits per heavy atom. The molecule has 1 fully saturated rings. The first kappa shape index (κ1) is 14.2. The zero-order chi connectivity index (χ0) is 15.6. The van der Waals surface area contributed by atoms with Crippen molar-refractivity contribution in [1.29, 1.82) is 0 Å². The van der Waals surface area contributed by atoms with Gasteiger partial charge in [-0.15, -0.1) is 11.3 Å². The molecule has 23 heavy (non-hydrogen) atoms. The summed E-state index contributed by atoms with van der Waals surface area (Å²) in [5.41, 5.74) is 0.932. The lowest BCUT2D eigenvalue weighted by Gasteiger charge is -2.25. The summed E-state index contributed by atoms with van der Waals surface area (Å²) in [6.45, 7) is 1.25. The molecule has 1 aliphatic heterocycles. The largest absolute Gasteiger partial charge is 0.467 e. The summed E-state index contributed by atoms with van der Waals surface area (Å²) in [5, 5.41) is 4.96. The number of fused-ring (bicyclic) bond motifs is 1. The van der Waals surface area contributed by atoms with Crippen LogP contribution in [0, 0.1) is 0 Å². The molecule has 1 aliphatic rings. The molecule has 1 amide bonds. The van der Waals surface area contributed by atoms with Gasteiger partial charge in [-0.25, -0.2) is 9.97 Å². The zero-order valence-corrected chi connectivity index (χ0v) is 13.3. The molecule has 0 bridgehead atoms. The minimum atomic E-state index is -0.190. The molecule has 0 saturated carbocycles. The van der Waals surface area contributed by atoms with Crippen molar-refractivity contribution >= 4 is 33.3 Å². The van der Waals surface area contributed by atoms with Crippen LogP contribution >= 0.6 is 11.3 Å². The van der Waals surface area contributed by atoms with Crippen LogP contribution in [0.2, 0.25) is 0 Å². The molecular formula is C16H16N4O2S. The highest BCUT2D eigenvalue weighted by molar-refractivity contribution is 7.17. The summed E-state index contributed by atoms with van der Waals surface area (Å²) in [6.07, 6.45) is 4.99. The monoisotopic (exact) mass is 328 g/mol. The third-order valence-electron chi connectivity index (χ3n) is 4.07. The van der Waals surface area contributed by atoms with Gasteiger partial charge in [-0.1, -0.05) is 0 Å². The van der Waals surface area contributed by atoms with Crippen LogP contribution in [-0.4, -0.2) is 28.5 Å². The van der Waals surface area contributed by atoms with Crippen LogP contribution in [0.15, 0.2) is 40.6 Å². The van der Waals surface area contributed by atoms with E-state index in [2.05, 4.69) is 20.2 Å². The van der Waals surface area contributed by atoms with Gasteiger partial charge in [0.1, 0.15) is 18.1 Å². The van der Waals surface area contributed by atoms with E-state index in [9.17, 15) is 4.79 Å². The van der Waals surface area contributed by atoms with Gasteiger partial charge < -0.3 is 14.6 Å². The van der Waals surface area contributed by atoms with E-state index in [0.29, 0.717) is 6.54 Å². The lowest BCUT2D eigenvalue weighted by molar-refractivity contribution is -0.122. The number of anilines is 1. The standard InChI is InChI=1S/C16H16N4O2S/c21-16(17-9-11-3-2-7-22-11)13-4-1-6-20(13)15-14-12(5-8-23-14)18-10-19-15/h2-3,5,7-8,10,13H,1,4,6,9H2,(H,17,21). The number of hydrogen-bond acceptors (Lipinski definition) is 6. The fourth-order valence-corrected chi connectivity index (χ4v) is 3.83. The van der Waals surface area contributed by atoms with E-state index < -0.39 is 0 Å². The van der Waals surface area contributed by atoms with Crippen LogP contribution in [0.4, 0.5) is 5.82 Å². The minimum absolute atomic E-state index is 0.0159. The molecule has 0 aromatic carbocycles. The van der Waals surface area contributed by atoms with Crippen molar-refractivity contribution in [1.82, 2.24) is 15.3 Å². The number of nitrogens with zero attached hydrogens (tertiary/aromatic N) is 3. The fourth-order valence-electron chi connectivity index (χ4n) is 2.98. The minimum Gasteiger partial charge on any atom is -0.467 e. The number of carbonyl (C=O) groups is 1. The SMILES string of the molecule is O=C(NCc1ccco1)C1CCCN1c1ncnc2ccsc12. The molecule has 1 N–H and O–H groups in total. The van der Waals surface area contributed by atoms with Crippen LogP contribution in [0.3, 0.4) is 0 Å². The fraction of sp³-hybridized carbons (Fsp3) is 0.312. The first-order chi connectivity index (χ1) is 11.3. The average molecular weight is 328 g/mol. The van der Waals surface area contributed by atoms with Crippen molar-refractivity contribution in [2.24, 2.45) is 0 Å². The van der Waals surface area contributed by atoms with Crippen molar-refractivity contribution < 1.29 is 9.21 Å². The van der Waals surface area contributed by atoms with Gasteiger partial charge in [-0.05, 0) is 36.4 Å². The third kappa shape index (κ3) is 2.68. The normalized spacial score (nSPS) is 17.7. The number of carbonyl (C=O) groups excluding carboxylic acids is 1. The highest BCUT2D eigenvalue weighted by Gasteiger charge is 2.32. The summed E-state index contributed by atoms with van der Waals surface area (Å²) in [5.74, 6) is 1.63. The van der Waals surface area contributed by atoms with Crippen LogP contribution in [0.5, 0.6) is 0 Å². The van der Waals surface area contributed by atoms with Gasteiger partial charge in [-0.3, -0.25) is 4.79 Å². The van der Waals surface area contributed by atoms with Crippen LogP contribution in [0.25, 0.3) is 10.2 Å². The number of amides is 1. The summed E-state index contributed by atoms with van der Waals surface area (Å²) in [7, 11) is 0. The Morgan fingerprint density at radius 1 is 1.43 bits per heavy atom. The molecule has 4 rings (SSSR count). The highest BCUT2D eigenvalue weighted by atomic mass is 32.1. The van der Waals surface area contributed by atoms with Gasteiger partial charge in [0, 0.05) is 6.54 Å². The molecule has 3 aromatic heterocycles. The topological polar surface area (TPSA) is 71.3 Å². The molecule has 118 valence electrons. The maximum atomic E-state index is 12.6. The average Bonchev–Trinajstić information content (AvgIpc) is 3.32. The molecule has 0 radical (unpaired) electrons. The Morgan fingerprint density at radius 2 is 2.39 bits per heavy atom. The maximum absolute atomic E-state index is 12.6. The Kier molecular flexibility index (Phi) is 3.70. The van der Waals surface area contributed by atoms with E-state index in [4.69, 9.17) is 4.42 Å². The maximum Gasteiger partial charge on any atom is 0.243 e. The summed E-state index contributed by atoms with van der Waals surface area (Å²) in [6, 6.07) is 5.46. The van der Waals surface area contributed by atoms with Gasteiger partial charge in [0.05, 0.1) is 23.0 Å². The van der Waals surface area contributed by atoms with E-state index >= 15 is 0 Å². The molecule has 0 spiro atoms. The van der Waals surface area contributed by atoms with E-state index in [1.165, 1.54) is 0 Å². The van der Waals surface area contributed by atoms with Gasteiger partial charge >= 0.3 is 0 Å². The highest BCUT2D eigenvalue weighted by Crippen LogP contribution is 2.32. The number of thiophene rings is 1. The second kappa shape index (κ2) is 6.00. The predicted octanol–water partition coefficient (Wildman–Crippen LogP) is 2.57. The van der Waals surface area contributed by atoms with E-state index in [-0.39, 0.29) is 11.9 Å². The van der Waals surface area contributed by atoms with E-state index in [0.717, 1.165) is 41.2 Å². The molecule has 1 unspecified atom stereocenters. The van der Waals surface area contributed by atoms with Crippen LogP contribution in [-0.2, 0) is 11.3 Å². The molecule has 7 heteroatoms. The first-order valence-electron chi connectivity index (χ1n) is 7.58. The van der Waals surface area contributed by atoms with Crippen molar-refractivity contribution in [3.63, 3.8) is 0 Å². The third-order valence-corrected chi connectivity index (χ3v) is 4.97. The smallest absolute Gasteiger partial charge is 0.243 e. The summed E-state index contributed by atoms with van der Waals surface area (Å²) in [4.78, 5) is 23.4. The second-order valence-electron chi connectivity index (χ2n) is 5.48. The Balaban J connectivity index is 1.54. The number of rotatable bonds is 4. The molecular weight excluding hydrogens is 312 g/mol.